The van der Waals surface area contributed by atoms with Crippen molar-refractivity contribution < 1.29 is 4.79 Å². The average Bonchev–Trinajstić information content (AvgIpc) is 2.74. The summed E-state index contributed by atoms with van der Waals surface area (Å²) < 4.78 is 0. The van der Waals surface area contributed by atoms with Crippen LogP contribution in [0.25, 0.3) is 0 Å². The number of rotatable bonds is 1. The Morgan fingerprint density at radius 3 is 2.38 bits per heavy atom. The van der Waals surface area contributed by atoms with Crippen LogP contribution < -0.4 is 4.90 Å². The maximum absolute atomic E-state index is 11.8. The van der Waals surface area contributed by atoms with Gasteiger partial charge in [-0.2, -0.15) is 0 Å². The van der Waals surface area contributed by atoms with Crippen LogP contribution in [0.5, 0.6) is 0 Å². The Hall–Kier alpha value is -1.17. The Morgan fingerprint density at radius 2 is 1.94 bits per heavy atom. The molecule has 0 spiro atoms. The molecular weight excluding hydrogens is 224 g/mol. The second-order valence-corrected chi connectivity index (χ2v) is 5.95. The number of hydrogen-bond donors (Lipinski definition) is 0. The monoisotopic (exact) mass is 240 g/mol. The summed E-state index contributed by atoms with van der Waals surface area (Å²) in [5.74, 6) is 0. The van der Waals surface area contributed by atoms with Crippen molar-refractivity contribution in [3.8, 4) is 0 Å². The number of amides is 2. The SMILES string of the molecule is CN1CCN(c2nnc(C(C)(C)C)s2)C1=O. The van der Waals surface area contributed by atoms with Gasteiger partial charge in [-0.05, 0) is 0 Å². The van der Waals surface area contributed by atoms with Crippen molar-refractivity contribution >= 4 is 22.5 Å². The molecule has 0 unspecified atom stereocenters. The standard InChI is InChI=1S/C10H16N4OS/c1-10(2,3)7-11-12-8(16-7)14-6-5-13(4)9(14)15/h5-6H2,1-4H3. The van der Waals surface area contributed by atoms with Crippen LogP contribution in [0.4, 0.5) is 9.93 Å². The number of carbonyl (C=O) groups excluding carboxylic acids is 1. The van der Waals surface area contributed by atoms with Crippen molar-refractivity contribution in [3.63, 3.8) is 0 Å². The van der Waals surface area contributed by atoms with Crippen LogP contribution in [-0.4, -0.2) is 41.3 Å². The Balaban J connectivity index is 2.23. The van der Waals surface area contributed by atoms with Gasteiger partial charge in [0.1, 0.15) is 5.01 Å². The van der Waals surface area contributed by atoms with Gasteiger partial charge in [-0.3, -0.25) is 4.90 Å². The third-order valence-electron chi connectivity index (χ3n) is 2.50. The van der Waals surface area contributed by atoms with Gasteiger partial charge in [0.2, 0.25) is 5.13 Å². The van der Waals surface area contributed by atoms with Crippen LogP contribution in [0.2, 0.25) is 0 Å². The van der Waals surface area contributed by atoms with Crippen molar-refractivity contribution in [2.24, 2.45) is 0 Å². The minimum absolute atomic E-state index is 0.00933. The molecule has 2 rings (SSSR count). The molecule has 0 saturated carbocycles. The van der Waals surface area contributed by atoms with E-state index in [1.165, 1.54) is 11.3 Å². The van der Waals surface area contributed by atoms with Gasteiger partial charge in [-0.15, -0.1) is 10.2 Å². The van der Waals surface area contributed by atoms with Crippen LogP contribution >= 0.6 is 11.3 Å². The largest absolute Gasteiger partial charge is 0.326 e. The van der Waals surface area contributed by atoms with E-state index in [0.29, 0.717) is 11.7 Å². The van der Waals surface area contributed by atoms with E-state index < -0.39 is 0 Å². The lowest BCUT2D eigenvalue weighted by molar-refractivity contribution is 0.229. The number of carbonyl (C=O) groups is 1. The Kier molecular flexibility index (Phi) is 2.61. The van der Waals surface area contributed by atoms with E-state index >= 15 is 0 Å². The highest BCUT2D eigenvalue weighted by molar-refractivity contribution is 7.15. The Labute approximate surface area is 99.1 Å². The van der Waals surface area contributed by atoms with Crippen LogP contribution in [0.15, 0.2) is 0 Å². The van der Waals surface area contributed by atoms with Crippen LogP contribution in [0.1, 0.15) is 25.8 Å². The summed E-state index contributed by atoms with van der Waals surface area (Å²) in [6.07, 6.45) is 0. The molecule has 1 aromatic rings. The van der Waals surface area contributed by atoms with Crippen LogP contribution in [0.3, 0.4) is 0 Å². The van der Waals surface area contributed by atoms with E-state index in [4.69, 9.17) is 0 Å². The van der Waals surface area contributed by atoms with Crippen LogP contribution in [0, 0.1) is 0 Å². The Morgan fingerprint density at radius 1 is 1.25 bits per heavy atom. The van der Waals surface area contributed by atoms with E-state index in [2.05, 4.69) is 31.0 Å². The highest BCUT2D eigenvalue weighted by atomic mass is 32.1. The first-order valence-electron chi connectivity index (χ1n) is 5.26. The lowest BCUT2D eigenvalue weighted by Crippen LogP contribution is -2.29. The molecular formula is C10H16N4OS. The number of hydrogen-bond acceptors (Lipinski definition) is 4. The molecule has 0 radical (unpaired) electrons. The zero-order valence-corrected chi connectivity index (χ0v) is 10.8. The molecule has 2 amide bonds. The van der Waals surface area contributed by atoms with E-state index in [1.54, 1.807) is 16.8 Å². The lowest BCUT2D eigenvalue weighted by atomic mass is 9.98. The number of likely N-dealkylation sites (N-methyl/N-ethyl adjacent to an activating group) is 1. The first-order chi connectivity index (χ1) is 7.39. The maximum Gasteiger partial charge on any atom is 0.326 e. The zero-order valence-electron chi connectivity index (χ0n) is 10.0. The maximum atomic E-state index is 11.8. The second kappa shape index (κ2) is 3.69. The molecule has 1 saturated heterocycles. The number of urea groups is 1. The molecule has 6 heteroatoms. The van der Waals surface area contributed by atoms with Gasteiger partial charge < -0.3 is 4.90 Å². The average molecular weight is 240 g/mol. The summed E-state index contributed by atoms with van der Waals surface area (Å²) in [5, 5.41) is 9.91. The van der Waals surface area contributed by atoms with E-state index in [9.17, 15) is 4.79 Å². The van der Waals surface area contributed by atoms with Gasteiger partial charge in [-0.1, -0.05) is 32.1 Å². The molecule has 0 bridgehead atoms. The fourth-order valence-corrected chi connectivity index (χ4v) is 2.37. The molecule has 88 valence electrons. The normalized spacial score (nSPS) is 17.4. The molecule has 0 aliphatic carbocycles. The highest BCUT2D eigenvalue weighted by Gasteiger charge is 2.30. The van der Waals surface area contributed by atoms with Gasteiger partial charge in [-0.25, -0.2) is 4.79 Å². The minimum Gasteiger partial charge on any atom is -0.326 e. The first kappa shape index (κ1) is 11.3. The van der Waals surface area contributed by atoms with Gasteiger partial charge >= 0.3 is 6.03 Å². The zero-order chi connectivity index (χ0) is 11.9. The Bertz CT molecular complexity index is 409. The predicted octanol–water partition coefficient (Wildman–Crippen LogP) is 1.71. The molecule has 2 heterocycles. The van der Waals surface area contributed by atoms with Crippen molar-refractivity contribution in [2.45, 2.75) is 26.2 Å². The molecule has 16 heavy (non-hydrogen) atoms. The number of nitrogens with zero attached hydrogens (tertiary/aromatic N) is 4. The molecule has 1 aliphatic rings. The van der Waals surface area contributed by atoms with Gasteiger partial charge in [0, 0.05) is 25.6 Å². The molecule has 1 fully saturated rings. The summed E-state index contributed by atoms with van der Waals surface area (Å²) in [4.78, 5) is 15.1. The van der Waals surface area contributed by atoms with Crippen molar-refractivity contribution in [1.29, 1.82) is 0 Å². The van der Waals surface area contributed by atoms with Crippen molar-refractivity contribution in [3.05, 3.63) is 5.01 Å². The topological polar surface area (TPSA) is 49.3 Å². The lowest BCUT2D eigenvalue weighted by Gasteiger charge is -2.13. The molecule has 0 N–H and O–H groups in total. The fraction of sp³-hybridized carbons (Fsp3) is 0.700. The van der Waals surface area contributed by atoms with E-state index in [0.717, 1.165) is 11.6 Å². The fourth-order valence-electron chi connectivity index (χ4n) is 1.45. The van der Waals surface area contributed by atoms with Gasteiger partial charge in [0.05, 0.1) is 0 Å². The molecule has 0 aromatic carbocycles. The molecule has 1 aromatic heterocycles. The summed E-state index contributed by atoms with van der Waals surface area (Å²) in [6, 6.07) is 0.0107. The number of anilines is 1. The third kappa shape index (κ3) is 1.89. The quantitative estimate of drug-likeness (QED) is 0.751. The van der Waals surface area contributed by atoms with Gasteiger partial charge in [0.25, 0.3) is 0 Å². The summed E-state index contributed by atoms with van der Waals surface area (Å²) in [7, 11) is 1.80. The predicted molar refractivity (Wildman–Crippen MR) is 64.0 cm³/mol. The molecule has 0 atom stereocenters. The summed E-state index contributed by atoms with van der Waals surface area (Å²) >= 11 is 1.50. The van der Waals surface area contributed by atoms with Gasteiger partial charge in [0.15, 0.2) is 0 Å². The van der Waals surface area contributed by atoms with Crippen molar-refractivity contribution in [2.75, 3.05) is 25.0 Å². The van der Waals surface area contributed by atoms with Crippen molar-refractivity contribution in [1.82, 2.24) is 15.1 Å². The second-order valence-electron chi connectivity index (χ2n) is 5.00. The summed E-state index contributed by atoms with van der Waals surface area (Å²) in [6.45, 7) is 7.73. The smallest absolute Gasteiger partial charge is 0.326 e. The first-order valence-corrected chi connectivity index (χ1v) is 6.08. The van der Waals surface area contributed by atoms with E-state index in [1.807, 2.05) is 0 Å². The third-order valence-corrected chi connectivity index (χ3v) is 3.88. The van der Waals surface area contributed by atoms with E-state index in [-0.39, 0.29) is 11.4 Å². The summed E-state index contributed by atoms with van der Waals surface area (Å²) in [5.41, 5.74) is -0.00933. The molecule has 5 nitrogen and oxygen atoms in total. The van der Waals surface area contributed by atoms with Crippen LogP contribution in [-0.2, 0) is 5.41 Å². The minimum atomic E-state index is -0.00933. The number of aromatic nitrogens is 2. The highest BCUT2D eigenvalue weighted by Crippen LogP contribution is 2.30. The molecule has 1 aliphatic heterocycles.